The van der Waals surface area contributed by atoms with Gasteiger partial charge in [0.15, 0.2) is 0 Å². The lowest BCUT2D eigenvalue weighted by Gasteiger charge is -2.15. The lowest BCUT2D eigenvalue weighted by atomic mass is 10.1. The van der Waals surface area contributed by atoms with E-state index < -0.39 is 5.97 Å². The maximum atomic E-state index is 12.4. The predicted molar refractivity (Wildman–Crippen MR) is 101 cm³/mol. The Hall–Kier alpha value is -3.35. The second kappa shape index (κ2) is 8.84. The molecule has 0 spiro atoms. The van der Waals surface area contributed by atoms with E-state index in [9.17, 15) is 14.4 Å². The van der Waals surface area contributed by atoms with E-state index in [1.54, 1.807) is 44.4 Å². The molecular weight excluding hydrogens is 348 g/mol. The second-order valence-electron chi connectivity index (χ2n) is 6.07. The summed E-state index contributed by atoms with van der Waals surface area (Å²) >= 11 is 0. The van der Waals surface area contributed by atoms with Gasteiger partial charge in [-0.3, -0.25) is 9.59 Å². The van der Waals surface area contributed by atoms with Gasteiger partial charge in [0.2, 0.25) is 5.91 Å². The summed E-state index contributed by atoms with van der Waals surface area (Å²) < 4.78 is 5.52. The number of hydrogen-bond donors (Lipinski definition) is 2. The summed E-state index contributed by atoms with van der Waals surface area (Å²) in [5.74, 6) is -1.02. The van der Waals surface area contributed by atoms with Gasteiger partial charge < -0.3 is 20.1 Å². The molecule has 0 fully saturated rings. The highest BCUT2D eigenvalue weighted by molar-refractivity contribution is 5.98. The summed E-state index contributed by atoms with van der Waals surface area (Å²) in [4.78, 5) is 36.9. The van der Waals surface area contributed by atoms with Crippen molar-refractivity contribution < 1.29 is 24.2 Å². The maximum Gasteiger partial charge on any atom is 0.335 e. The fraction of sp³-hybridized carbons (Fsp3) is 0.250. The Morgan fingerprint density at radius 1 is 1.04 bits per heavy atom. The van der Waals surface area contributed by atoms with Crippen LogP contribution in [0, 0.1) is 0 Å². The summed E-state index contributed by atoms with van der Waals surface area (Å²) in [7, 11) is 3.30. The van der Waals surface area contributed by atoms with Gasteiger partial charge >= 0.3 is 5.97 Å². The molecule has 0 atom stereocenters. The fourth-order valence-electron chi connectivity index (χ4n) is 2.45. The number of anilines is 1. The smallest absolute Gasteiger partial charge is 0.335 e. The van der Waals surface area contributed by atoms with Gasteiger partial charge in [-0.05, 0) is 42.8 Å². The summed E-state index contributed by atoms with van der Waals surface area (Å²) in [6, 6.07) is 11.0. The number of carboxylic acids is 1. The topological polar surface area (TPSA) is 95.9 Å². The molecule has 0 aliphatic rings. The Morgan fingerprint density at radius 3 is 2.22 bits per heavy atom. The number of nitrogens with one attached hydrogen (secondary N) is 1. The molecule has 27 heavy (non-hydrogen) atoms. The van der Waals surface area contributed by atoms with Crippen LogP contribution < -0.4 is 10.1 Å². The molecule has 0 saturated carbocycles. The van der Waals surface area contributed by atoms with Gasteiger partial charge in [0.1, 0.15) is 5.75 Å². The van der Waals surface area contributed by atoms with Crippen molar-refractivity contribution in [1.82, 2.24) is 4.90 Å². The standard InChI is InChI=1S/C20H22N2O5/c1-4-27-17-10-9-15(19(24)22(2)3)12-16(17)21-18(23)11-13-5-7-14(8-6-13)20(25)26/h5-10,12H,4,11H2,1-3H3,(H,21,23)(H,25,26). The first-order valence-electron chi connectivity index (χ1n) is 8.42. The van der Waals surface area contributed by atoms with E-state index in [0.717, 1.165) is 0 Å². The number of carbonyl (C=O) groups is 3. The number of nitrogens with zero attached hydrogens (tertiary/aromatic N) is 1. The largest absolute Gasteiger partial charge is 0.492 e. The molecule has 0 aliphatic heterocycles. The van der Waals surface area contributed by atoms with E-state index in [0.29, 0.717) is 29.2 Å². The second-order valence-corrected chi connectivity index (χ2v) is 6.07. The summed E-state index contributed by atoms with van der Waals surface area (Å²) in [6.07, 6.45) is 0.0668. The van der Waals surface area contributed by atoms with Crippen LogP contribution in [-0.4, -0.2) is 48.5 Å². The molecule has 2 N–H and O–H groups in total. The van der Waals surface area contributed by atoms with Crippen molar-refractivity contribution in [2.45, 2.75) is 13.3 Å². The highest BCUT2D eigenvalue weighted by Crippen LogP contribution is 2.26. The van der Waals surface area contributed by atoms with Crippen LogP contribution in [-0.2, 0) is 11.2 Å². The molecule has 7 nitrogen and oxygen atoms in total. The molecule has 0 unspecified atom stereocenters. The van der Waals surface area contributed by atoms with Crippen molar-refractivity contribution in [3.05, 3.63) is 59.2 Å². The van der Waals surface area contributed by atoms with Gasteiger partial charge in [-0.1, -0.05) is 12.1 Å². The third-order valence-corrected chi connectivity index (χ3v) is 3.77. The molecule has 0 aliphatic carbocycles. The lowest BCUT2D eigenvalue weighted by Crippen LogP contribution is -2.22. The van der Waals surface area contributed by atoms with Crippen LogP contribution in [0.1, 0.15) is 33.2 Å². The number of ether oxygens (including phenoxy) is 1. The van der Waals surface area contributed by atoms with Crippen molar-refractivity contribution >= 4 is 23.5 Å². The Balaban J connectivity index is 2.18. The zero-order valence-electron chi connectivity index (χ0n) is 15.5. The summed E-state index contributed by atoms with van der Waals surface area (Å²) in [5, 5.41) is 11.7. The van der Waals surface area contributed by atoms with E-state index in [2.05, 4.69) is 5.32 Å². The highest BCUT2D eigenvalue weighted by atomic mass is 16.5. The van der Waals surface area contributed by atoms with Gasteiger partial charge in [0.25, 0.3) is 5.91 Å². The monoisotopic (exact) mass is 370 g/mol. The molecule has 2 aromatic carbocycles. The van der Waals surface area contributed by atoms with E-state index in [1.165, 1.54) is 17.0 Å². The molecule has 7 heteroatoms. The number of carboxylic acid groups (broad SMARTS) is 1. The zero-order valence-corrected chi connectivity index (χ0v) is 15.5. The summed E-state index contributed by atoms with van der Waals surface area (Å²) in [5.41, 5.74) is 1.69. The van der Waals surface area contributed by atoms with Gasteiger partial charge in [0.05, 0.1) is 24.3 Å². The quantitative estimate of drug-likeness (QED) is 0.781. The number of benzene rings is 2. The van der Waals surface area contributed by atoms with E-state index in [-0.39, 0.29) is 23.8 Å². The van der Waals surface area contributed by atoms with Crippen molar-refractivity contribution in [3.63, 3.8) is 0 Å². The molecule has 0 saturated heterocycles. The Kier molecular flexibility index (Phi) is 6.54. The van der Waals surface area contributed by atoms with Crippen molar-refractivity contribution in [2.75, 3.05) is 26.0 Å². The van der Waals surface area contributed by atoms with Gasteiger partial charge in [-0.25, -0.2) is 4.79 Å². The van der Waals surface area contributed by atoms with Gasteiger partial charge in [0, 0.05) is 19.7 Å². The molecule has 142 valence electrons. The first-order valence-corrected chi connectivity index (χ1v) is 8.42. The van der Waals surface area contributed by atoms with Crippen LogP contribution in [0.3, 0.4) is 0 Å². The minimum atomic E-state index is -1.02. The van der Waals surface area contributed by atoms with E-state index >= 15 is 0 Å². The first kappa shape index (κ1) is 20.0. The number of rotatable bonds is 7. The Morgan fingerprint density at radius 2 is 1.67 bits per heavy atom. The van der Waals surface area contributed by atoms with E-state index in [4.69, 9.17) is 9.84 Å². The Bertz CT molecular complexity index is 844. The van der Waals surface area contributed by atoms with Crippen LogP contribution in [0.4, 0.5) is 5.69 Å². The number of amides is 2. The zero-order chi connectivity index (χ0) is 20.0. The number of aromatic carboxylic acids is 1. The first-order chi connectivity index (χ1) is 12.8. The van der Waals surface area contributed by atoms with Crippen molar-refractivity contribution in [1.29, 1.82) is 0 Å². The SMILES string of the molecule is CCOc1ccc(C(=O)N(C)C)cc1NC(=O)Cc1ccc(C(=O)O)cc1. The van der Waals surface area contributed by atoms with Gasteiger partial charge in [-0.2, -0.15) is 0 Å². The van der Waals surface area contributed by atoms with Gasteiger partial charge in [-0.15, -0.1) is 0 Å². The summed E-state index contributed by atoms with van der Waals surface area (Å²) in [6.45, 7) is 2.25. The third-order valence-electron chi connectivity index (χ3n) is 3.77. The molecule has 0 heterocycles. The highest BCUT2D eigenvalue weighted by Gasteiger charge is 2.14. The molecule has 2 aromatic rings. The molecule has 2 amide bonds. The van der Waals surface area contributed by atoms with Crippen LogP contribution in [0.5, 0.6) is 5.75 Å². The predicted octanol–water partition coefficient (Wildman–Crippen LogP) is 2.67. The van der Waals surface area contributed by atoms with Crippen LogP contribution >= 0.6 is 0 Å². The van der Waals surface area contributed by atoms with E-state index in [1.807, 2.05) is 6.92 Å². The van der Waals surface area contributed by atoms with Crippen LogP contribution in [0.15, 0.2) is 42.5 Å². The van der Waals surface area contributed by atoms with Crippen molar-refractivity contribution in [3.8, 4) is 5.75 Å². The number of carbonyl (C=O) groups excluding carboxylic acids is 2. The Labute approximate surface area is 157 Å². The third kappa shape index (κ3) is 5.31. The average Bonchev–Trinajstić information content (AvgIpc) is 2.63. The minimum absolute atomic E-state index is 0.0668. The normalized spacial score (nSPS) is 10.2. The lowest BCUT2D eigenvalue weighted by molar-refractivity contribution is -0.115. The molecule has 0 aromatic heterocycles. The van der Waals surface area contributed by atoms with Crippen LogP contribution in [0.2, 0.25) is 0 Å². The minimum Gasteiger partial charge on any atom is -0.492 e. The molecule has 2 rings (SSSR count). The molecule has 0 bridgehead atoms. The molecule has 0 radical (unpaired) electrons. The maximum absolute atomic E-state index is 12.4. The van der Waals surface area contributed by atoms with Crippen LogP contribution in [0.25, 0.3) is 0 Å². The number of hydrogen-bond acceptors (Lipinski definition) is 4. The van der Waals surface area contributed by atoms with Crippen molar-refractivity contribution in [2.24, 2.45) is 0 Å². The average molecular weight is 370 g/mol. The molecular formula is C20H22N2O5. The fourth-order valence-corrected chi connectivity index (χ4v) is 2.45.